The van der Waals surface area contributed by atoms with Crippen LogP contribution in [-0.4, -0.2) is 58.4 Å². The van der Waals surface area contributed by atoms with E-state index in [9.17, 15) is 10.2 Å². The van der Waals surface area contributed by atoms with Crippen LogP contribution >= 0.6 is 0 Å². The van der Waals surface area contributed by atoms with E-state index in [0.717, 1.165) is 51.4 Å². The van der Waals surface area contributed by atoms with Gasteiger partial charge in [0.2, 0.25) is 0 Å². The minimum Gasteiger partial charge on any atom is -0.387 e. The summed E-state index contributed by atoms with van der Waals surface area (Å²) in [6.45, 7) is 0. The van der Waals surface area contributed by atoms with Crippen LogP contribution < -0.4 is 0 Å². The number of rotatable bonds is 0. The Hall–Kier alpha value is -0.240. The van der Waals surface area contributed by atoms with Gasteiger partial charge in [-0.25, -0.2) is 0 Å². The van der Waals surface area contributed by atoms with Crippen molar-refractivity contribution in [3.05, 3.63) is 0 Å². The molecule has 0 aromatic carbocycles. The largest absolute Gasteiger partial charge is 0.387 e. The van der Waals surface area contributed by atoms with Crippen LogP contribution in [-0.2, 0) is 18.9 Å². The van der Waals surface area contributed by atoms with Crippen molar-refractivity contribution in [2.24, 2.45) is 0 Å². The zero-order valence-corrected chi connectivity index (χ0v) is 22.5. The van der Waals surface area contributed by atoms with Gasteiger partial charge < -0.3 is 29.2 Å². The second-order valence-corrected chi connectivity index (χ2v) is 12.5. The minimum absolute atomic E-state index is 0.556. The number of ether oxygens (including phenoxy) is 4. The Morgan fingerprint density at radius 1 is 0.333 bits per heavy atom. The number of hydrogen-bond acceptors (Lipinski definition) is 6. The smallest absolute Gasteiger partial charge is 0.169 e. The first-order chi connectivity index (χ1) is 17.6. The second-order valence-electron chi connectivity index (χ2n) is 12.5. The van der Waals surface area contributed by atoms with Crippen LogP contribution in [0.3, 0.4) is 0 Å². The molecule has 3 aliphatic carbocycles. The van der Waals surface area contributed by atoms with Gasteiger partial charge in [-0.15, -0.1) is 0 Å². The Kier molecular flexibility index (Phi) is 9.67. The van der Waals surface area contributed by atoms with Gasteiger partial charge >= 0.3 is 0 Å². The molecule has 2 N–H and O–H groups in total. The van der Waals surface area contributed by atoms with Gasteiger partial charge in [-0.3, -0.25) is 0 Å². The van der Waals surface area contributed by atoms with E-state index in [1.165, 1.54) is 89.9 Å². The van der Waals surface area contributed by atoms with Crippen LogP contribution in [0.4, 0.5) is 0 Å². The summed E-state index contributed by atoms with van der Waals surface area (Å²) in [5, 5.41) is 23.0. The monoisotopic (exact) mass is 508 g/mol. The van der Waals surface area contributed by atoms with Crippen molar-refractivity contribution < 1.29 is 29.2 Å². The van der Waals surface area contributed by atoms with Crippen LogP contribution in [0, 0.1) is 0 Å². The van der Waals surface area contributed by atoms with Crippen molar-refractivity contribution >= 4 is 0 Å². The quantitative estimate of drug-likeness (QED) is 0.400. The summed E-state index contributed by atoms with van der Waals surface area (Å²) >= 11 is 0. The molecule has 5 fully saturated rings. The van der Waals surface area contributed by atoms with E-state index in [4.69, 9.17) is 18.9 Å². The van der Waals surface area contributed by atoms with E-state index < -0.39 is 48.2 Å². The lowest BCUT2D eigenvalue weighted by Crippen LogP contribution is -2.61. The van der Waals surface area contributed by atoms with Gasteiger partial charge in [0.25, 0.3) is 0 Å². The van der Waals surface area contributed by atoms with E-state index in [0.29, 0.717) is 0 Å². The van der Waals surface area contributed by atoms with Crippen molar-refractivity contribution in [1.29, 1.82) is 0 Å². The molecule has 6 nitrogen and oxygen atoms in total. The van der Waals surface area contributed by atoms with Crippen LogP contribution in [0.1, 0.15) is 141 Å². The zero-order chi connectivity index (χ0) is 24.8. The van der Waals surface area contributed by atoms with E-state index in [1.54, 1.807) is 0 Å². The average molecular weight is 509 g/mol. The van der Waals surface area contributed by atoms with Gasteiger partial charge in [-0.05, 0) is 25.7 Å². The molecule has 0 radical (unpaired) electrons. The first kappa shape index (κ1) is 27.3. The molecular formula is C30H52O6. The topological polar surface area (TPSA) is 77.4 Å². The lowest BCUT2D eigenvalue weighted by atomic mass is 9.85. The van der Waals surface area contributed by atoms with Crippen LogP contribution in [0.2, 0.25) is 0 Å². The number of hydrogen-bond donors (Lipinski definition) is 2. The molecular weight excluding hydrogens is 456 g/mol. The summed E-state index contributed by atoms with van der Waals surface area (Å²) in [4.78, 5) is 0. The third-order valence-electron chi connectivity index (χ3n) is 9.63. The summed E-state index contributed by atoms with van der Waals surface area (Å²) < 4.78 is 26.4. The number of aliphatic hydroxyl groups is 2. The highest BCUT2D eigenvalue weighted by Crippen LogP contribution is 2.49. The second kappa shape index (κ2) is 12.7. The Labute approximate surface area is 218 Å². The molecule has 208 valence electrons. The van der Waals surface area contributed by atoms with Crippen LogP contribution in [0.5, 0.6) is 0 Å². The minimum atomic E-state index is -0.843. The molecule has 2 aliphatic heterocycles. The molecule has 2 saturated heterocycles. The Balaban J connectivity index is 1.26. The maximum absolute atomic E-state index is 11.5. The third-order valence-corrected chi connectivity index (χ3v) is 9.63. The average Bonchev–Trinajstić information content (AvgIpc) is 3.43. The van der Waals surface area contributed by atoms with Crippen LogP contribution in [0.25, 0.3) is 0 Å². The van der Waals surface area contributed by atoms with Gasteiger partial charge in [0.15, 0.2) is 11.6 Å². The maximum atomic E-state index is 11.5. The Morgan fingerprint density at radius 2 is 0.528 bits per heavy atom. The molecule has 0 bridgehead atoms. The molecule has 5 aliphatic rings. The van der Waals surface area contributed by atoms with Crippen molar-refractivity contribution in [1.82, 2.24) is 0 Å². The first-order valence-corrected chi connectivity index (χ1v) is 15.7. The molecule has 6 atom stereocenters. The van der Waals surface area contributed by atoms with E-state index in [-0.39, 0.29) is 0 Å². The molecule has 0 aromatic rings. The lowest BCUT2D eigenvalue weighted by Gasteiger charge is -2.38. The third kappa shape index (κ3) is 6.31. The fourth-order valence-corrected chi connectivity index (χ4v) is 7.52. The van der Waals surface area contributed by atoms with Gasteiger partial charge in [-0.2, -0.15) is 0 Å². The molecule has 5 rings (SSSR count). The van der Waals surface area contributed by atoms with E-state index in [1.807, 2.05) is 0 Å². The fourth-order valence-electron chi connectivity index (χ4n) is 7.52. The van der Waals surface area contributed by atoms with E-state index in [2.05, 4.69) is 0 Å². The SMILES string of the molecule is O[C@@H]1[C@H]2OC3(CCCCCCCCCCC3)O[C@@H]2[C@@H](O)[C@@H]2OC3(CCCCCCCCCCC3)O[C@H]12. The highest BCUT2D eigenvalue weighted by atomic mass is 16.8. The van der Waals surface area contributed by atoms with E-state index >= 15 is 0 Å². The normalized spacial score (nSPS) is 40.8. The standard InChI is InChI=1S/C30H52O6/c31-23-25-26(34-29(33-25)19-15-11-7-3-1-4-8-12-16-20-29)24(32)28-27(23)35-30(36-28)21-17-13-9-5-2-6-10-14-18-22-30/h23-28,31-32H,1-22H2/t23-,24-,25-,26-,27-,28+/m1/s1. The van der Waals surface area contributed by atoms with Crippen LogP contribution in [0.15, 0.2) is 0 Å². The fraction of sp³-hybridized carbons (Fsp3) is 1.00. The summed E-state index contributed by atoms with van der Waals surface area (Å²) in [5.74, 6) is -1.39. The molecule has 36 heavy (non-hydrogen) atoms. The van der Waals surface area contributed by atoms with Gasteiger partial charge in [-0.1, -0.05) is 89.9 Å². The number of fused-ring (bicyclic) bond motifs is 2. The lowest BCUT2D eigenvalue weighted by molar-refractivity contribution is -0.217. The summed E-state index contributed by atoms with van der Waals surface area (Å²) in [7, 11) is 0. The molecule has 2 heterocycles. The maximum Gasteiger partial charge on any atom is 0.169 e. The van der Waals surface area contributed by atoms with Crippen molar-refractivity contribution in [2.45, 2.75) is 189 Å². The molecule has 2 spiro atoms. The Morgan fingerprint density at radius 3 is 0.750 bits per heavy atom. The number of aliphatic hydroxyl groups excluding tert-OH is 2. The Bertz CT molecular complexity index is 562. The molecule has 3 saturated carbocycles. The highest BCUT2D eigenvalue weighted by Gasteiger charge is 2.65. The molecule has 0 aromatic heterocycles. The van der Waals surface area contributed by atoms with Gasteiger partial charge in [0, 0.05) is 25.7 Å². The predicted molar refractivity (Wildman–Crippen MR) is 139 cm³/mol. The summed E-state index contributed by atoms with van der Waals surface area (Å²) in [5.41, 5.74) is 0. The van der Waals surface area contributed by atoms with Crippen molar-refractivity contribution in [2.75, 3.05) is 0 Å². The molecule has 0 unspecified atom stereocenters. The van der Waals surface area contributed by atoms with Crippen molar-refractivity contribution in [3.63, 3.8) is 0 Å². The molecule has 0 amide bonds. The summed E-state index contributed by atoms with van der Waals surface area (Å²) in [6.07, 6.45) is 21.5. The van der Waals surface area contributed by atoms with Gasteiger partial charge in [0.1, 0.15) is 36.6 Å². The van der Waals surface area contributed by atoms with Crippen molar-refractivity contribution in [3.8, 4) is 0 Å². The predicted octanol–water partition coefficient (Wildman–Crippen LogP) is 6.29. The molecule has 6 heteroatoms. The first-order valence-electron chi connectivity index (χ1n) is 15.7. The highest BCUT2D eigenvalue weighted by molar-refractivity contribution is 5.09. The van der Waals surface area contributed by atoms with Gasteiger partial charge in [0.05, 0.1) is 0 Å². The summed E-state index contributed by atoms with van der Waals surface area (Å²) in [6, 6.07) is 0. The zero-order valence-electron chi connectivity index (χ0n) is 22.5.